The van der Waals surface area contributed by atoms with E-state index in [2.05, 4.69) is 5.10 Å². The van der Waals surface area contributed by atoms with Crippen molar-refractivity contribution in [1.29, 1.82) is 0 Å². The molecule has 0 aliphatic rings. The van der Waals surface area contributed by atoms with E-state index in [0.717, 1.165) is 10.9 Å². The predicted octanol–water partition coefficient (Wildman–Crippen LogP) is 1.44. The largest absolute Gasteiger partial charge is 0.398 e. The molecule has 0 aliphatic carbocycles. The smallest absolute Gasteiger partial charge is 0.154 e. The van der Waals surface area contributed by atoms with Gasteiger partial charge in [0.1, 0.15) is 0 Å². The lowest BCUT2D eigenvalue weighted by Gasteiger charge is -2.08. The molecular formula is C12H17N3O2S. The Labute approximate surface area is 107 Å². The molecule has 1 aromatic heterocycles. The summed E-state index contributed by atoms with van der Waals surface area (Å²) in [5, 5.41) is 4.69. The number of benzene rings is 1. The molecule has 18 heavy (non-hydrogen) atoms. The number of aryl methyl sites for hydroxylation is 1. The van der Waals surface area contributed by atoms with Crippen LogP contribution in [0.3, 0.4) is 0 Å². The van der Waals surface area contributed by atoms with Gasteiger partial charge in [0.25, 0.3) is 0 Å². The van der Waals surface area contributed by atoms with Gasteiger partial charge in [-0.15, -0.1) is 0 Å². The molecule has 0 radical (unpaired) electrons. The molecule has 0 atom stereocenters. The molecule has 2 aromatic rings. The average Bonchev–Trinajstić information content (AvgIpc) is 2.71. The van der Waals surface area contributed by atoms with Gasteiger partial charge in [-0.1, -0.05) is 6.07 Å². The highest BCUT2D eigenvalue weighted by Gasteiger charge is 2.16. The van der Waals surface area contributed by atoms with Crippen LogP contribution in [0.25, 0.3) is 10.9 Å². The Kier molecular flexibility index (Phi) is 3.30. The Balaban J connectivity index is 2.26. The van der Waals surface area contributed by atoms with E-state index in [1.165, 1.54) is 0 Å². The zero-order valence-corrected chi connectivity index (χ0v) is 11.3. The fourth-order valence-corrected chi connectivity index (χ4v) is 2.65. The second-order valence-corrected chi connectivity index (χ2v) is 7.24. The monoisotopic (exact) mass is 267 g/mol. The number of fused-ring (bicyclic) bond motifs is 1. The lowest BCUT2D eigenvalue weighted by Crippen LogP contribution is -2.21. The molecule has 0 unspecified atom stereocenters. The van der Waals surface area contributed by atoms with E-state index in [1.54, 1.807) is 30.8 Å². The van der Waals surface area contributed by atoms with E-state index in [4.69, 9.17) is 5.73 Å². The second-order valence-electron chi connectivity index (χ2n) is 4.56. The van der Waals surface area contributed by atoms with Crippen LogP contribution >= 0.6 is 0 Å². The summed E-state index contributed by atoms with van der Waals surface area (Å²) in [6, 6.07) is 5.53. The van der Waals surface area contributed by atoms with Gasteiger partial charge in [0.2, 0.25) is 0 Å². The standard InChI is InChI=1S/C12H17N3O2S/c1-9(2)18(16,17)7-6-15-12-5-3-4-11(13)10(12)8-14-15/h3-5,8-9H,6-7,13H2,1-2H3. The third kappa shape index (κ3) is 2.33. The minimum atomic E-state index is -3.05. The van der Waals surface area contributed by atoms with Crippen LogP contribution in [0.4, 0.5) is 5.69 Å². The van der Waals surface area contributed by atoms with Crippen molar-refractivity contribution in [3.05, 3.63) is 24.4 Å². The normalized spacial score (nSPS) is 12.4. The minimum Gasteiger partial charge on any atom is -0.398 e. The summed E-state index contributed by atoms with van der Waals surface area (Å²) < 4.78 is 25.2. The fourth-order valence-electron chi connectivity index (χ4n) is 1.75. The number of nitrogens with zero attached hydrogens (tertiary/aromatic N) is 2. The van der Waals surface area contributed by atoms with Crippen LogP contribution in [-0.2, 0) is 16.4 Å². The summed E-state index contributed by atoms with van der Waals surface area (Å²) in [6.07, 6.45) is 1.67. The molecular weight excluding hydrogens is 250 g/mol. The summed E-state index contributed by atoms with van der Waals surface area (Å²) >= 11 is 0. The van der Waals surface area contributed by atoms with Gasteiger partial charge in [-0.3, -0.25) is 4.68 Å². The van der Waals surface area contributed by atoms with Crippen LogP contribution in [0.5, 0.6) is 0 Å². The van der Waals surface area contributed by atoms with Crippen molar-refractivity contribution in [2.24, 2.45) is 0 Å². The molecule has 0 saturated heterocycles. The van der Waals surface area contributed by atoms with Crippen molar-refractivity contribution < 1.29 is 8.42 Å². The van der Waals surface area contributed by atoms with Crippen LogP contribution in [0.2, 0.25) is 0 Å². The van der Waals surface area contributed by atoms with Gasteiger partial charge in [-0.2, -0.15) is 5.10 Å². The second kappa shape index (κ2) is 4.61. The van der Waals surface area contributed by atoms with Crippen molar-refractivity contribution in [3.63, 3.8) is 0 Å². The third-order valence-electron chi connectivity index (χ3n) is 3.03. The molecule has 2 N–H and O–H groups in total. The molecule has 1 aromatic carbocycles. The summed E-state index contributed by atoms with van der Waals surface area (Å²) in [7, 11) is -3.05. The first-order chi connectivity index (χ1) is 8.42. The number of rotatable bonds is 4. The maximum atomic E-state index is 11.8. The molecule has 0 fully saturated rings. The van der Waals surface area contributed by atoms with Crippen LogP contribution in [-0.4, -0.2) is 29.2 Å². The Hall–Kier alpha value is -1.56. The molecule has 0 spiro atoms. The van der Waals surface area contributed by atoms with Crippen molar-refractivity contribution in [2.75, 3.05) is 11.5 Å². The highest BCUT2D eigenvalue weighted by atomic mass is 32.2. The first-order valence-electron chi connectivity index (χ1n) is 5.83. The molecule has 0 saturated carbocycles. The Morgan fingerprint density at radius 1 is 1.39 bits per heavy atom. The average molecular weight is 267 g/mol. The summed E-state index contributed by atoms with van der Waals surface area (Å²) in [5.74, 6) is 0.0935. The predicted molar refractivity (Wildman–Crippen MR) is 73.1 cm³/mol. The minimum absolute atomic E-state index is 0.0935. The Morgan fingerprint density at radius 2 is 2.11 bits per heavy atom. The summed E-state index contributed by atoms with van der Waals surface area (Å²) in [5.41, 5.74) is 7.36. The van der Waals surface area contributed by atoms with Gasteiger partial charge in [0.15, 0.2) is 9.84 Å². The molecule has 1 heterocycles. The molecule has 0 amide bonds. The number of nitrogen functional groups attached to an aromatic ring is 1. The lowest BCUT2D eigenvalue weighted by atomic mass is 10.2. The molecule has 0 aliphatic heterocycles. The van der Waals surface area contributed by atoms with Crippen molar-refractivity contribution in [3.8, 4) is 0 Å². The van der Waals surface area contributed by atoms with Gasteiger partial charge in [0.05, 0.1) is 29.3 Å². The topological polar surface area (TPSA) is 78.0 Å². The molecule has 98 valence electrons. The molecule has 6 heteroatoms. The van der Waals surface area contributed by atoms with Crippen molar-refractivity contribution in [1.82, 2.24) is 9.78 Å². The Morgan fingerprint density at radius 3 is 2.78 bits per heavy atom. The first-order valence-corrected chi connectivity index (χ1v) is 7.55. The van der Waals surface area contributed by atoms with Crippen molar-refractivity contribution in [2.45, 2.75) is 25.6 Å². The van der Waals surface area contributed by atoms with Crippen LogP contribution in [0.15, 0.2) is 24.4 Å². The number of aromatic nitrogens is 2. The maximum Gasteiger partial charge on any atom is 0.154 e. The van der Waals surface area contributed by atoms with E-state index in [1.807, 2.05) is 12.1 Å². The number of anilines is 1. The van der Waals surface area contributed by atoms with Gasteiger partial charge in [0, 0.05) is 11.1 Å². The summed E-state index contributed by atoms with van der Waals surface area (Å²) in [6.45, 7) is 3.73. The van der Waals surface area contributed by atoms with Gasteiger partial charge < -0.3 is 5.73 Å². The highest BCUT2D eigenvalue weighted by Crippen LogP contribution is 2.20. The SMILES string of the molecule is CC(C)S(=O)(=O)CCn1ncc2c(N)cccc21. The van der Waals surface area contributed by atoms with Crippen LogP contribution < -0.4 is 5.73 Å². The molecule has 5 nitrogen and oxygen atoms in total. The highest BCUT2D eigenvalue weighted by molar-refractivity contribution is 7.91. The summed E-state index contributed by atoms with van der Waals surface area (Å²) in [4.78, 5) is 0. The number of sulfone groups is 1. The number of nitrogens with two attached hydrogens (primary N) is 1. The van der Waals surface area contributed by atoms with Gasteiger partial charge in [-0.05, 0) is 26.0 Å². The number of hydrogen-bond acceptors (Lipinski definition) is 4. The van der Waals surface area contributed by atoms with E-state index in [9.17, 15) is 8.42 Å². The maximum absolute atomic E-state index is 11.8. The third-order valence-corrected chi connectivity index (χ3v) is 5.22. The zero-order valence-electron chi connectivity index (χ0n) is 10.5. The van der Waals surface area contributed by atoms with E-state index >= 15 is 0 Å². The quantitative estimate of drug-likeness (QED) is 0.850. The Bertz CT molecular complexity index is 659. The molecule has 0 bridgehead atoms. The first kappa shape index (κ1) is 12.9. The zero-order chi connectivity index (χ0) is 13.3. The van der Waals surface area contributed by atoms with E-state index in [-0.39, 0.29) is 11.0 Å². The fraction of sp³-hybridized carbons (Fsp3) is 0.417. The van der Waals surface area contributed by atoms with Crippen LogP contribution in [0.1, 0.15) is 13.8 Å². The molecule has 2 rings (SSSR count). The van der Waals surface area contributed by atoms with Crippen LogP contribution in [0, 0.1) is 0 Å². The lowest BCUT2D eigenvalue weighted by molar-refractivity contribution is 0.575. The van der Waals surface area contributed by atoms with E-state index < -0.39 is 9.84 Å². The number of hydrogen-bond donors (Lipinski definition) is 1. The van der Waals surface area contributed by atoms with E-state index in [0.29, 0.717) is 12.2 Å². The van der Waals surface area contributed by atoms with Gasteiger partial charge >= 0.3 is 0 Å². The van der Waals surface area contributed by atoms with Gasteiger partial charge in [-0.25, -0.2) is 8.42 Å². The van der Waals surface area contributed by atoms with Crippen molar-refractivity contribution >= 4 is 26.4 Å².